The van der Waals surface area contributed by atoms with Crippen LogP contribution in [0.4, 0.5) is 11.8 Å². The zero-order valence-electron chi connectivity index (χ0n) is 14.8. The number of benzene rings is 1. The van der Waals surface area contributed by atoms with Crippen molar-refractivity contribution in [2.45, 2.75) is 24.7 Å². The van der Waals surface area contributed by atoms with Gasteiger partial charge in [0.25, 0.3) is 0 Å². The summed E-state index contributed by atoms with van der Waals surface area (Å²) in [5, 5.41) is 41.8. The highest BCUT2D eigenvalue weighted by atomic mass is 35.5. The minimum Gasteiger partial charge on any atom is -0.396 e. The number of anilines is 2. The van der Waals surface area contributed by atoms with E-state index in [1.807, 2.05) is 6.07 Å². The molecule has 6 N–H and O–H groups in total. The van der Waals surface area contributed by atoms with Gasteiger partial charge in [0.1, 0.15) is 17.1 Å². The van der Waals surface area contributed by atoms with Gasteiger partial charge in [-0.2, -0.15) is 10.2 Å². The summed E-state index contributed by atoms with van der Waals surface area (Å²) in [5.41, 5.74) is 7.47. The molecular weight excluding hydrogens is 382 g/mol. The molecule has 1 heterocycles. The lowest BCUT2D eigenvalue weighted by atomic mass is 10.1. The van der Waals surface area contributed by atoms with Crippen LogP contribution in [-0.4, -0.2) is 50.1 Å². The number of nitrogens with one attached hydrogen (secondary N) is 1. The van der Waals surface area contributed by atoms with Gasteiger partial charge in [0, 0.05) is 12.5 Å². The summed E-state index contributed by atoms with van der Waals surface area (Å²) in [6.07, 6.45) is 1.68. The van der Waals surface area contributed by atoms with E-state index in [1.165, 1.54) is 0 Å². The lowest BCUT2D eigenvalue weighted by Crippen LogP contribution is -2.35. The van der Waals surface area contributed by atoms with Crippen LogP contribution in [0.25, 0.3) is 12.2 Å². The largest absolute Gasteiger partial charge is 0.396 e. The third-order valence-corrected chi connectivity index (χ3v) is 5.02. The number of rotatable bonds is 5. The molecule has 0 aliphatic heterocycles. The molecule has 1 saturated carbocycles. The molecule has 146 valence electrons. The van der Waals surface area contributed by atoms with E-state index in [2.05, 4.69) is 21.4 Å². The molecule has 1 fully saturated rings. The fourth-order valence-corrected chi connectivity index (χ4v) is 3.47. The van der Waals surface area contributed by atoms with Crippen molar-refractivity contribution in [2.75, 3.05) is 17.7 Å². The maximum Gasteiger partial charge on any atom is 0.223 e. The van der Waals surface area contributed by atoms with Crippen LogP contribution in [0.15, 0.2) is 24.3 Å². The topological polar surface area (TPSA) is 148 Å². The Hall–Kier alpha value is -2.70. The smallest absolute Gasteiger partial charge is 0.223 e. The second kappa shape index (κ2) is 8.54. The van der Waals surface area contributed by atoms with Crippen LogP contribution in [0.1, 0.15) is 23.1 Å². The fraction of sp³-hybridized carbons (Fsp3) is 0.316. The van der Waals surface area contributed by atoms with Gasteiger partial charge in [0.05, 0.1) is 29.3 Å². The van der Waals surface area contributed by atoms with Crippen molar-refractivity contribution in [1.29, 1.82) is 5.26 Å². The minimum atomic E-state index is -1.07. The summed E-state index contributed by atoms with van der Waals surface area (Å²) in [4.78, 5) is 8.12. The van der Waals surface area contributed by atoms with Crippen LogP contribution in [0.2, 0.25) is 5.15 Å². The molecule has 0 spiro atoms. The first kappa shape index (κ1) is 20.0. The van der Waals surface area contributed by atoms with Gasteiger partial charge in [-0.1, -0.05) is 29.8 Å². The predicted octanol–water partition coefficient (Wildman–Crippen LogP) is 1.27. The van der Waals surface area contributed by atoms with E-state index in [9.17, 15) is 15.3 Å². The molecule has 4 atom stereocenters. The van der Waals surface area contributed by atoms with Crippen molar-refractivity contribution in [2.24, 2.45) is 5.92 Å². The molecule has 1 aliphatic rings. The molecule has 28 heavy (non-hydrogen) atoms. The first-order chi connectivity index (χ1) is 13.4. The second-order valence-electron chi connectivity index (χ2n) is 6.62. The Morgan fingerprint density at radius 2 is 2.07 bits per heavy atom. The summed E-state index contributed by atoms with van der Waals surface area (Å²) < 4.78 is 0. The first-order valence-electron chi connectivity index (χ1n) is 8.67. The Kier molecular flexibility index (Phi) is 6.11. The van der Waals surface area contributed by atoms with E-state index in [0.29, 0.717) is 23.4 Å². The van der Waals surface area contributed by atoms with Gasteiger partial charge < -0.3 is 26.4 Å². The highest BCUT2D eigenvalue weighted by molar-refractivity contribution is 6.31. The number of aromatic nitrogens is 2. The van der Waals surface area contributed by atoms with Gasteiger partial charge in [0.15, 0.2) is 0 Å². The van der Waals surface area contributed by atoms with E-state index < -0.39 is 24.2 Å². The molecule has 8 nitrogen and oxygen atoms in total. The van der Waals surface area contributed by atoms with E-state index in [0.717, 1.165) is 5.56 Å². The number of nitrogens with zero attached hydrogens (tertiary/aromatic N) is 3. The number of aliphatic hydroxyl groups excluding tert-OH is 3. The summed E-state index contributed by atoms with van der Waals surface area (Å²) in [5.74, 6) is -0.169. The van der Waals surface area contributed by atoms with Crippen molar-refractivity contribution in [1.82, 2.24) is 9.97 Å². The molecular formula is C19H20ClN5O3. The molecule has 0 radical (unpaired) electrons. The molecule has 9 heteroatoms. The summed E-state index contributed by atoms with van der Waals surface area (Å²) in [6, 6.07) is 8.57. The Morgan fingerprint density at radius 3 is 2.75 bits per heavy atom. The van der Waals surface area contributed by atoms with Crippen molar-refractivity contribution in [3.05, 3.63) is 46.1 Å². The Labute approximate surface area is 166 Å². The van der Waals surface area contributed by atoms with Gasteiger partial charge in [-0.15, -0.1) is 0 Å². The van der Waals surface area contributed by atoms with Crippen molar-refractivity contribution < 1.29 is 15.3 Å². The highest BCUT2D eigenvalue weighted by Gasteiger charge is 2.41. The number of nitrogens with two attached hydrogens (primary N) is 1. The first-order valence-corrected chi connectivity index (χ1v) is 9.05. The number of hydrogen-bond acceptors (Lipinski definition) is 8. The second-order valence-corrected chi connectivity index (χ2v) is 6.97. The lowest BCUT2D eigenvalue weighted by Gasteiger charge is -2.20. The van der Waals surface area contributed by atoms with E-state index in [4.69, 9.17) is 22.6 Å². The Bertz CT molecular complexity index is 930. The molecule has 0 unspecified atom stereocenters. The number of aliphatic hydroxyl groups is 3. The number of hydrogen-bond donors (Lipinski definition) is 5. The van der Waals surface area contributed by atoms with E-state index in [-0.39, 0.29) is 17.7 Å². The molecule has 3 rings (SSSR count). The van der Waals surface area contributed by atoms with Gasteiger partial charge in [-0.25, -0.2) is 4.98 Å². The normalized spacial score (nSPS) is 24.4. The number of nitriles is 1. The quantitative estimate of drug-likeness (QED) is 0.470. The van der Waals surface area contributed by atoms with Gasteiger partial charge >= 0.3 is 0 Å². The van der Waals surface area contributed by atoms with Crippen LogP contribution in [-0.2, 0) is 0 Å². The van der Waals surface area contributed by atoms with Crippen LogP contribution in [0.5, 0.6) is 0 Å². The predicted molar refractivity (Wildman–Crippen MR) is 106 cm³/mol. The van der Waals surface area contributed by atoms with Gasteiger partial charge in [0.2, 0.25) is 5.95 Å². The molecule has 0 bridgehead atoms. The fourth-order valence-electron chi connectivity index (χ4n) is 3.23. The molecule has 1 aromatic heterocycles. The van der Waals surface area contributed by atoms with Crippen LogP contribution >= 0.6 is 11.6 Å². The number of halogens is 1. The molecule has 2 aromatic rings. The minimum absolute atomic E-state index is 0.0390. The molecule has 1 aliphatic carbocycles. The van der Waals surface area contributed by atoms with Crippen molar-refractivity contribution >= 4 is 35.5 Å². The average Bonchev–Trinajstić information content (AvgIpc) is 2.95. The van der Waals surface area contributed by atoms with Crippen LogP contribution in [0.3, 0.4) is 0 Å². The molecule has 0 amide bonds. The van der Waals surface area contributed by atoms with E-state index in [1.54, 1.807) is 30.4 Å². The maximum absolute atomic E-state index is 10.2. The van der Waals surface area contributed by atoms with Crippen LogP contribution < -0.4 is 11.1 Å². The van der Waals surface area contributed by atoms with Crippen molar-refractivity contribution in [3.63, 3.8) is 0 Å². The third-order valence-electron chi connectivity index (χ3n) is 4.73. The zero-order chi connectivity index (χ0) is 20.3. The monoisotopic (exact) mass is 401 g/mol. The standard InChI is InChI=1S/C19H20ClN5O3/c20-17-13(5-4-10-2-1-3-11(6-10)8-21)18(25-19(22)24-17)23-14-7-12(9-26)15(27)16(14)28/h1-6,12,14-16,26-28H,7,9H2,(H3,22,23,24,25)/b5-4+/t12-,14-,15-,16+/m1/s1. The average molecular weight is 402 g/mol. The van der Waals surface area contributed by atoms with Gasteiger partial charge in [-0.05, 0) is 30.2 Å². The maximum atomic E-state index is 10.2. The Balaban J connectivity index is 1.90. The van der Waals surface area contributed by atoms with E-state index >= 15 is 0 Å². The van der Waals surface area contributed by atoms with Crippen LogP contribution in [0, 0.1) is 17.2 Å². The highest BCUT2D eigenvalue weighted by Crippen LogP contribution is 2.31. The third kappa shape index (κ3) is 4.24. The van der Waals surface area contributed by atoms with Gasteiger partial charge in [-0.3, -0.25) is 0 Å². The summed E-state index contributed by atoms with van der Waals surface area (Å²) in [6.45, 7) is -0.231. The Morgan fingerprint density at radius 1 is 1.29 bits per heavy atom. The summed E-state index contributed by atoms with van der Waals surface area (Å²) in [7, 11) is 0. The zero-order valence-corrected chi connectivity index (χ0v) is 15.6. The molecule has 1 aromatic carbocycles. The number of nitrogen functional groups attached to an aromatic ring is 1. The molecule has 0 saturated heterocycles. The lowest BCUT2D eigenvalue weighted by molar-refractivity contribution is 0.00445. The SMILES string of the molecule is N#Cc1cccc(/C=C/c2c(Cl)nc(N)nc2N[C@@H]2C[C@H](CO)[C@@H](O)[C@H]2O)c1. The summed E-state index contributed by atoms with van der Waals surface area (Å²) >= 11 is 6.24. The van der Waals surface area contributed by atoms with Crippen molar-refractivity contribution in [3.8, 4) is 6.07 Å².